The van der Waals surface area contributed by atoms with Crippen LogP contribution in [0.5, 0.6) is 0 Å². The molecule has 0 fully saturated rings. The van der Waals surface area contributed by atoms with Crippen molar-refractivity contribution in [2.24, 2.45) is 5.73 Å². The molecule has 2 rings (SSSR count). The van der Waals surface area contributed by atoms with E-state index in [0.717, 1.165) is 16.9 Å². The largest absolute Gasteiger partial charge is 0.379 e. The summed E-state index contributed by atoms with van der Waals surface area (Å²) in [7, 11) is 3.90. The maximum atomic E-state index is 11.0. The summed E-state index contributed by atoms with van der Waals surface area (Å²) in [6.07, 6.45) is 0. The number of rotatable bonds is 5. The molecule has 2 aromatic rings. The minimum absolute atomic E-state index is 0.417. The second-order valence-electron chi connectivity index (χ2n) is 4.95. The first-order valence-corrected chi connectivity index (χ1v) is 6.95. The summed E-state index contributed by atoms with van der Waals surface area (Å²) in [5, 5.41) is 4.06. The molecule has 0 unspecified atom stereocenters. The normalized spacial score (nSPS) is 10.2. The molecule has 5 heteroatoms. The number of anilines is 2. The van der Waals surface area contributed by atoms with Crippen molar-refractivity contribution in [3.63, 3.8) is 0 Å². The average Bonchev–Trinajstić information content (AvgIpc) is 2.45. The third-order valence-electron chi connectivity index (χ3n) is 3.16. The lowest BCUT2D eigenvalue weighted by molar-refractivity contribution is 0.100. The van der Waals surface area contributed by atoms with Crippen molar-refractivity contribution in [3.05, 3.63) is 58.6 Å². The Morgan fingerprint density at radius 2 is 1.86 bits per heavy atom. The Labute approximate surface area is 129 Å². The van der Waals surface area contributed by atoms with E-state index in [1.807, 2.05) is 49.3 Å². The molecular formula is C16H18ClN3O. The van der Waals surface area contributed by atoms with E-state index in [-0.39, 0.29) is 0 Å². The van der Waals surface area contributed by atoms with Gasteiger partial charge in [0.25, 0.3) is 0 Å². The van der Waals surface area contributed by atoms with E-state index in [9.17, 15) is 4.79 Å². The summed E-state index contributed by atoms with van der Waals surface area (Å²) in [6.45, 7) is 0.639. The molecule has 0 heterocycles. The number of carbonyl (C=O) groups is 1. The van der Waals surface area contributed by atoms with Crippen molar-refractivity contribution in [2.75, 3.05) is 24.3 Å². The van der Waals surface area contributed by atoms with Gasteiger partial charge in [0.1, 0.15) is 0 Å². The molecule has 1 amide bonds. The number of primary amides is 1. The number of halogens is 1. The Balaban J connectivity index is 2.13. The third-order valence-corrected chi connectivity index (χ3v) is 3.46. The van der Waals surface area contributed by atoms with Crippen molar-refractivity contribution >= 4 is 28.9 Å². The van der Waals surface area contributed by atoms with Crippen molar-refractivity contribution < 1.29 is 4.79 Å². The van der Waals surface area contributed by atoms with Crippen LogP contribution in [-0.4, -0.2) is 20.0 Å². The molecular weight excluding hydrogens is 286 g/mol. The van der Waals surface area contributed by atoms with Gasteiger partial charge in [-0.15, -0.1) is 0 Å². The fraction of sp³-hybridized carbons (Fsp3) is 0.188. The smallest absolute Gasteiger partial charge is 0.248 e. The van der Waals surface area contributed by atoms with Gasteiger partial charge in [0.05, 0.1) is 16.4 Å². The predicted molar refractivity (Wildman–Crippen MR) is 88.1 cm³/mol. The van der Waals surface area contributed by atoms with Crippen LogP contribution < -0.4 is 16.0 Å². The fourth-order valence-electron chi connectivity index (χ4n) is 2.10. The van der Waals surface area contributed by atoms with Crippen molar-refractivity contribution in [1.29, 1.82) is 0 Å². The molecule has 0 aliphatic carbocycles. The zero-order valence-corrected chi connectivity index (χ0v) is 12.8. The van der Waals surface area contributed by atoms with Crippen LogP contribution in [0, 0.1) is 0 Å². The molecule has 0 radical (unpaired) electrons. The molecule has 2 aromatic carbocycles. The maximum absolute atomic E-state index is 11.0. The van der Waals surface area contributed by atoms with E-state index in [4.69, 9.17) is 17.3 Å². The predicted octanol–water partition coefficient (Wildman–Crippen LogP) is 3.12. The summed E-state index contributed by atoms with van der Waals surface area (Å²) in [5.74, 6) is -0.417. The Morgan fingerprint density at radius 3 is 2.43 bits per heavy atom. The van der Waals surface area contributed by atoms with Gasteiger partial charge in [0, 0.05) is 26.2 Å². The van der Waals surface area contributed by atoms with Gasteiger partial charge in [0.15, 0.2) is 0 Å². The van der Waals surface area contributed by atoms with Crippen LogP contribution >= 0.6 is 11.6 Å². The Morgan fingerprint density at radius 1 is 1.19 bits per heavy atom. The standard InChI is InChI=1S/C16H18ClN3O/c1-20(2)15-13(17)4-3-5-14(15)19-10-11-6-8-12(9-7-11)16(18)21/h3-9,19H,10H2,1-2H3,(H2,18,21). The number of hydrogen-bond acceptors (Lipinski definition) is 3. The SMILES string of the molecule is CN(C)c1c(Cl)cccc1NCc1ccc(C(N)=O)cc1. The highest BCUT2D eigenvalue weighted by Crippen LogP contribution is 2.32. The molecule has 0 bridgehead atoms. The molecule has 0 saturated heterocycles. The summed E-state index contributed by atoms with van der Waals surface area (Å²) < 4.78 is 0. The van der Waals surface area contributed by atoms with E-state index in [0.29, 0.717) is 17.1 Å². The summed E-state index contributed by atoms with van der Waals surface area (Å²) >= 11 is 6.23. The number of nitrogens with one attached hydrogen (secondary N) is 1. The summed E-state index contributed by atoms with van der Waals surface area (Å²) in [6, 6.07) is 13.0. The number of nitrogens with zero attached hydrogens (tertiary/aromatic N) is 1. The third kappa shape index (κ3) is 3.67. The van der Waals surface area contributed by atoms with E-state index >= 15 is 0 Å². The van der Waals surface area contributed by atoms with Gasteiger partial charge >= 0.3 is 0 Å². The first-order chi connectivity index (χ1) is 9.99. The van der Waals surface area contributed by atoms with Crippen LogP contribution in [0.25, 0.3) is 0 Å². The lowest BCUT2D eigenvalue weighted by Gasteiger charge is -2.20. The van der Waals surface area contributed by atoms with Crippen LogP contribution in [0.4, 0.5) is 11.4 Å². The van der Waals surface area contributed by atoms with Crippen molar-refractivity contribution in [3.8, 4) is 0 Å². The highest BCUT2D eigenvalue weighted by Gasteiger charge is 2.08. The molecule has 0 aromatic heterocycles. The minimum Gasteiger partial charge on any atom is -0.379 e. The van der Waals surface area contributed by atoms with Gasteiger partial charge in [-0.1, -0.05) is 29.8 Å². The monoisotopic (exact) mass is 303 g/mol. The lowest BCUT2D eigenvalue weighted by atomic mass is 10.1. The van der Waals surface area contributed by atoms with Gasteiger partial charge < -0.3 is 16.0 Å². The molecule has 0 atom stereocenters. The second-order valence-corrected chi connectivity index (χ2v) is 5.35. The van der Waals surface area contributed by atoms with Crippen LogP contribution in [-0.2, 0) is 6.54 Å². The molecule has 110 valence electrons. The van der Waals surface area contributed by atoms with Gasteiger partial charge in [-0.2, -0.15) is 0 Å². The second kappa shape index (κ2) is 6.50. The van der Waals surface area contributed by atoms with Gasteiger partial charge in [-0.25, -0.2) is 0 Å². The molecule has 4 nitrogen and oxygen atoms in total. The summed E-state index contributed by atoms with van der Waals surface area (Å²) in [4.78, 5) is 13.0. The topological polar surface area (TPSA) is 58.4 Å². The average molecular weight is 304 g/mol. The molecule has 21 heavy (non-hydrogen) atoms. The highest BCUT2D eigenvalue weighted by atomic mass is 35.5. The Hall–Kier alpha value is -2.20. The van der Waals surface area contributed by atoms with Crippen molar-refractivity contribution in [1.82, 2.24) is 0 Å². The van der Waals surface area contributed by atoms with E-state index < -0.39 is 5.91 Å². The zero-order chi connectivity index (χ0) is 15.4. The Bertz CT molecular complexity index is 638. The highest BCUT2D eigenvalue weighted by molar-refractivity contribution is 6.34. The number of hydrogen-bond donors (Lipinski definition) is 2. The maximum Gasteiger partial charge on any atom is 0.248 e. The number of benzene rings is 2. The van der Waals surface area contributed by atoms with E-state index in [1.54, 1.807) is 12.1 Å². The molecule has 0 saturated carbocycles. The minimum atomic E-state index is -0.417. The molecule has 3 N–H and O–H groups in total. The molecule has 0 spiro atoms. The zero-order valence-electron chi connectivity index (χ0n) is 12.1. The van der Waals surface area contributed by atoms with Crippen LogP contribution in [0.1, 0.15) is 15.9 Å². The summed E-state index contributed by atoms with van der Waals surface area (Å²) in [5.41, 5.74) is 8.71. The van der Waals surface area contributed by atoms with Crippen LogP contribution in [0.15, 0.2) is 42.5 Å². The number of carbonyl (C=O) groups excluding carboxylic acids is 1. The number of nitrogens with two attached hydrogens (primary N) is 1. The molecule has 0 aliphatic rings. The van der Waals surface area contributed by atoms with E-state index in [1.165, 1.54) is 0 Å². The van der Waals surface area contributed by atoms with Crippen LogP contribution in [0.2, 0.25) is 5.02 Å². The number of amides is 1. The van der Waals surface area contributed by atoms with Gasteiger partial charge in [-0.3, -0.25) is 4.79 Å². The van der Waals surface area contributed by atoms with Crippen LogP contribution in [0.3, 0.4) is 0 Å². The van der Waals surface area contributed by atoms with Crippen molar-refractivity contribution in [2.45, 2.75) is 6.54 Å². The quantitative estimate of drug-likeness (QED) is 0.892. The first-order valence-electron chi connectivity index (χ1n) is 6.57. The Kier molecular flexibility index (Phi) is 4.70. The van der Waals surface area contributed by atoms with E-state index in [2.05, 4.69) is 5.32 Å². The molecule has 0 aliphatic heterocycles. The lowest BCUT2D eigenvalue weighted by Crippen LogP contribution is -2.13. The number of para-hydroxylation sites is 1. The van der Waals surface area contributed by atoms with Gasteiger partial charge in [-0.05, 0) is 29.8 Å². The first kappa shape index (κ1) is 15.2. The van der Waals surface area contributed by atoms with Gasteiger partial charge in [0.2, 0.25) is 5.91 Å². The fourth-order valence-corrected chi connectivity index (χ4v) is 2.44.